The van der Waals surface area contributed by atoms with Crippen LogP contribution in [0.15, 0.2) is 36.4 Å². The summed E-state index contributed by atoms with van der Waals surface area (Å²) in [6.07, 6.45) is -4.16. The lowest BCUT2D eigenvalue weighted by Crippen LogP contribution is -2.53. The second kappa shape index (κ2) is 8.83. The Morgan fingerprint density at radius 1 is 1.26 bits per heavy atom. The minimum absolute atomic E-state index is 0.0292. The highest BCUT2D eigenvalue weighted by Crippen LogP contribution is 2.57. The molecule has 188 valence electrons. The van der Waals surface area contributed by atoms with Gasteiger partial charge >= 0.3 is 6.18 Å². The number of amides is 1. The van der Waals surface area contributed by atoms with Crippen molar-refractivity contribution in [1.29, 1.82) is 0 Å². The van der Waals surface area contributed by atoms with Crippen molar-refractivity contribution < 1.29 is 36.9 Å². The molecule has 3 heterocycles. The van der Waals surface area contributed by atoms with Crippen molar-refractivity contribution >= 4 is 17.5 Å². The smallest absolute Gasteiger partial charge is 0.397 e. The molecule has 2 saturated heterocycles. The summed E-state index contributed by atoms with van der Waals surface area (Å²) in [5, 5.41) is 0.589. The first kappa shape index (κ1) is 24.1. The quantitative estimate of drug-likeness (QED) is 0.564. The molecule has 1 aromatic heterocycles. The monoisotopic (exact) mass is 512 g/mol. The van der Waals surface area contributed by atoms with Crippen LogP contribution in [0, 0.1) is 5.41 Å². The van der Waals surface area contributed by atoms with E-state index in [0.29, 0.717) is 18.0 Å². The van der Waals surface area contributed by atoms with E-state index in [-0.39, 0.29) is 55.5 Å². The van der Waals surface area contributed by atoms with E-state index in [2.05, 4.69) is 4.98 Å². The van der Waals surface area contributed by atoms with E-state index in [1.807, 2.05) is 18.2 Å². The third-order valence-electron chi connectivity index (χ3n) is 7.04. The van der Waals surface area contributed by atoms with Gasteiger partial charge < -0.3 is 23.8 Å². The van der Waals surface area contributed by atoms with E-state index in [1.165, 1.54) is 19.2 Å². The molecule has 5 rings (SSSR count). The predicted molar refractivity (Wildman–Crippen MR) is 118 cm³/mol. The van der Waals surface area contributed by atoms with Crippen molar-refractivity contribution in [2.75, 3.05) is 33.6 Å². The SMILES string of the molecule is COc1nc(C(=O)N2CC[C@]3(c4cccc(Cl)c4)OCOC3C2)ccc1OCC1(C(F)(F)F)CC1. The lowest BCUT2D eigenvalue weighted by molar-refractivity contribution is -0.194. The summed E-state index contributed by atoms with van der Waals surface area (Å²) in [4.78, 5) is 19.1. The van der Waals surface area contributed by atoms with Crippen LogP contribution >= 0.6 is 11.6 Å². The number of nitrogens with zero attached hydrogens (tertiary/aromatic N) is 2. The number of aromatic nitrogens is 1. The first-order chi connectivity index (χ1) is 16.7. The molecule has 11 heteroatoms. The Morgan fingerprint density at radius 2 is 2.06 bits per heavy atom. The summed E-state index contributed by atoms with van der Waals surface area (Å²) in [7, 11) is 1.32. The number of halogens is 4. The van der Waals surface area contributed by atoms with Crippen molar-refractivity contribution in [3.63, 3.8) is 0 Å². The van der Waals surface area contributed by atoms with Crippen LogP contribution in [-0.2, 0) is 15.1 Å². The standard InChI is InChI=1S/C24H24ClF3N2O5/c1-32-20-18(33-13-22(7-8-22)24(26,27)28)6-5-17(29-20)21(31)30-10-9-23(19(12-30)34-14-35-23)15-3-2-4-16(25)11-15/h2-6,11,19H,7-10,12-14H2,1H3/t19?,23-/m1/s1. The number of hydrogen-bond donors (Lipinski definition) is 0. The average molecular weight is 513 g/mol. The van der Waals surface area contributed by atoms with Gasteiger partial charge in [0, 0.05) is 18.0 Å². The maximum absolute atomic E-state index is 13.2. The number of hydrogen-bond acceptors (Lipinski definition) is 6. The van der Waals surface area contributed by atoms with E-state index < -0.39 is 23.8 Å². The van der Waals surface area contributed by atoms with Crippen LogP contribution < -0.4 is 9.47 Å². The van der Waals surface area contributed by atoms with Gasteiger partial charge in [-0.25, -0.2) is 4.98 Å². The van der Waals surface area contributed by atoms with Crippen molar-refractivity contribution in [3.05, 3.63) is 52.7 Å². The molecule has 3 aliphatic rings. The zero-order valence-corrected chi connectivity index (χ0v) is 19.7. The fraction of sp³-hybridized carbons (Fsp3) is 0.500. The number of piperidine rings is 1. The van der Waals surface area contributed by atoms with E-state index in [9.17, 15) is 18.0 Å². The van der Waals surface area contributed by atoms with Crippen LogP contribution in [0.25, 0.3) is 0 Å². The molecule has 3 fully saturated rings. The van der Waals surface area contributed by atoms with Gasteiger partial charge in [0.2, 0.25) is 0 Å². The van der Waals surface area contributed by atoms with Gasteiger partial charge in [0.15, 0.2) is 5.75 Å². The predicted octanol–water partition coefficient (Wildman–Crippen LogP) is 4.58. The molecule has 1 aliphatic carbocycles. The first-order valence-corrected chi connectivity index (χ1v) is 11.6. The molecule has 2 aliphatic heterocycles. The maximum Gasteiger partial charge on any atom is 0.397 e. The van der Waals surface area contributed by atoms with Crippen LogP contribution in [0.3, 0.4) is 0 Å². The number of ether oxygens (including phenoxy) is 4. The third-order valence-corrected chi connectivity index (χ3v) is 7.28. The average Bonchev–Trinajstić information content (AvgIpc) is 3.53. The molecule has 1 aromatic carbocycles. The van der Waals surface area contributed by atoms with Crippen molar-refractivity contribution in [3.8, 4) is 11.6 Å². The number of alkyl halides is 3. The minimum Gasteiger partial charge on any atom is -0.487 e. The lowest BCUT2D eigenvalue weighted by atomic mass is 9.82. The molecule has 0 bridgehead atoms. The van der Waals surface area contributed by atoms with Crippen LogP contribution in [0.2, 0.25) is 5.02 Å². The van der Waals surface area contributed by atoms with Gasteiger partial charge in [0.25, 0.3) is 11.8 Å². The minimum atomic E-state index is -4.33. The Hall–Kier alpha value is -2.56. The number of pyridine rings is 1. The molecule has 1 saturated carbocycles. The van der Waals surface area contributed by atoms with Crippen molar-refractivity contribution in [2.45, 2.75) is 37.1 Å². The van der Waals surface area contributed by atoms with Crippen molar-refractivity contribution in [1.82, 2.24) is 9.88 Å². The summed E-state index contributed by atoms with van der Waals surface area (Å²) in [5.41, 5.74) is -1.52. The maximum atomic E-state index is 13.2. The summed E-state index contributed by atoms with van der Waals surface area (Å²) >= 11 is 6.18. The molecule has 7 nitrogen and oxygen atoms in total. The van der Waals surface area contributed by atoms with E-state index in [0.717, 1.165) is 5.56 Å². The van der Waals surface area contributed by atoms with Gasteiger partial charge in [-0.3, -0.25) is 4.79 Å². The van der Waals surface area contributed by atoms with Gasteiger partial charge in [-0.15, -0.1) is 0 Å². The summed E-state index contributed by atoms with van der Waals surface area (Å²) in [6.45, 7) is 0.262. The molecule has 35 heavy (non-hydrogen) atoms. The highest BCUT2D eigenvalue weighted by Gasteiger charge is 2.64. The number of rotatable bonds is 6. The molecule has 0 spiro atoms. The molecule has 0 N–H and O–H groups in total. The second-order valence-electron chi connectivity index (χ2n) is 9.09. The Labute approximate surface area is 205 Å². The lowest BCUT2D eigenvalue weighted by Gasteiger charge is -2.41. The normalized spacial score (nSPS) is 25.2. The van der Waals surface area contributed by atoms with Crippen LogP contribution in [0.1, 0.15) is 35.3 Å². The zero-order chi connectivity index (χ0) is 24.8. The van der Waals surface area contributed by atoms with E-state index in [4.69, 9.17) is 30.5 Å². The summed E-state index contributed by atoms with van der Waals surface area (Å²) in [6, 6.07) is 10.3. The summed E-state index contributed by atoms with van der Waals surface area (Å²) < 4.78 is 62.0. The number of methoxy groups -OCH3 is 1. The van der Waals surface area contributed by atoms with E-state index >= 15 is 0 Å². The largest absolute Gasteiger partial charge is 0.487 e. The Morgan fingerprint density at radius 3 is 2.74 bits per heavy atom. The second-order valence-corrected chi connectivity index (χ2v) is 9.53. The molecule has 0 radical (unpaired) electrons. The van der Waals surface area contributed by atoms with Crippen molar-refractivity contribution in [2.24, 2.45) is 5.41 Å². The van der Waals surface area contributed by atoms with Crippen LogP contribution in [-0.4, -0.2) is 61.7 Å². The number of carbonyl (C=O) groups excluding carboxylic acids is 1. The fourth-order valence-electron chi connectivity index (χ4n) is 4.67. The van der Waals surface area contributed by atoms with Gasteiger partial charge in [-0.05, 0) is 42.7 Å². The van der Waals surface area contributed by atoms with Crippen LogP contribution in [0.4, 0.5) is 13.2 Å². The zero-order valence-electron chi connectivity index (χ0n) is 18.9. The van der Waals surface area contributed by atoms with Gasteiger partial charge in [0.05, 0.1) is 13.7 Å². The Balaban J connectivity index is 1.29. The number of benzene rings is 1. The number of likely N-dealkylation sites (tertiary alicyclic amines) is 1. The highest BCUT2D eigenvalue weighted by atomic mass is 35.5. The fourth-order valence-corrected chi connectivity index (χ4v) is 4.86. The topological polar surface area (TPSA) is 70.1 Å². The van der Waals surface area contributed by atoms with E-state index in [1.54, 1.807) is 11.0 Å². The third kappa shape index (κ3) is 4.32. The molecular formula is C24H24ClF3N2O5. The van der Waals surface area contributed by atoms with Crippen LogP contribution in [0.5, 0.6) is 11.6 Å². The Kier molecular flexibility index (Phi) is 6.09. The Bertz CT molecular complexity index is 1130. The molecular weight excluding hydrogens is 489 g/mol. The summed E-state index contributed by atoms with van der Waals surface area (Å²) in [5.74, 6) is -0.329. The number of fused-ring (bicyclic) bond motifs is 1. The van der Waals surface area contributed by atoms with Gasteiger partial charge in [-0.2, -0.15) is 13.2 Å². The first-order valence-electron chi connectivity index (χ1n) is 11.2. The molecule has 2 atom stereocenters. The molecule has 1 amide bonds. The highest BCUT2D eigenvalue weighted by molar-refractivity contribution is 6.30. The van der Waals surface area contributed by atoms with Gasteiger partial charge in [-0.1, -0.05) is 23.7 Å². The molecule has 1 unspecified atom stereocenters. The van der Waals surface area contributed by atoms with Gasteiger partial charge in [0.1, 0.15) is 36.2 Å². The number of carbonyl (C=O) groups is 1. The molecule has 2 aromatic rings.